The third-order valence-electron chi connectivity index (χ3n) is 10.7. The van der Waals surface area contributed by atoms with Gasteiger partial charge >= 0.3 is 12.1 Å². The molecule has 61 heavy (non-hydrogen) atoms. The molecule has 1 aromatic heterocycles. The van der Waals surface area contributed by atoms with Crippen LogP contribution in [0, 0.1) is 0 Å². The average molecular weight is 842 g/mol. The number of hydrogen-bond acceptors (Lipinski definition) is 10. The highest BCUT2D eigenvalue weighted by Crippen LogP contribution is 2.44. The van der Waals surface area contributed by atoms with Crippen LogP contribution in [0.4, 0.5) is 4.79 Å². The van der Waals surface area contributed by atoms with Crippen LogP contribution in [0.5, 0.6) is 0 Å². The molecule has 5 N–H and O–H groups in total. The molecule has 1 heterocycles. The molecule has 1 aliphatic carbocycles. The Labute approximate surface area is 354 Å². The van der Waals surface area contributed by atoms with Gasteiger partial charge in [-0.2, -0.15) is 0 Å². The largest absolute Gasteiger partial charge is 0.480 e. The van der Waals surface area contributed by atoms with Crippen LogP contribution in [-0.2, 0) is 51.3 Å². The number of aromatic nitrogens is 1. The SMILES string of the molecule is CC(C(=O)O)N(C)C(=O)CCOCCOCCNC(=O)C(CC(N)=O)NC(=O)CCn1c(CN(C)N(C)C(=O)OCC2c3ccccc3-c3ccccc32)cc2ccccc21. The molecule has 2 unspecified atom stereocenters. The quantitative estimate of drug-likeness (QED) is 0.0629. The molecule has 2 atom stereocenters. The van der Waals surface area contributed by atoms with Crippen LogP contribution in [-0.4, -0.2) is 133 Å². The molecule has 0 radical (unpaired) electrons. The van der Waals surface area contributed by atoms with Crippen molar-refractivity contribution in [2.45, 2.75) is 57.3 Å². The summed E-state index contributed by atoms with van der Waals surface area (Å²) in [6.45, 7) is 2.77. The number of hydrogen-bond donors (Lipinski definition) is 4. The van der Waals surface area contributed by atoms with E-state index in [-0.39, 0.29) is 70.8 Å². The molecule has 0 bridgehead atoms. The summed E-state index contributed by atoms with van der Waals surface area (Å²) in [5.41, 5.74) is 11.7. The first-order valence-electron chi connectivity index (χ1n) is 20.1. The normalized spacial score (nSPS) is 12.9. The number of carbonyl (C=O) groups excluding carboxylic acids is 5. The Morgan fingerprint density at radius 3 is 2.11 bits per heavy atom. The minimum absolute atomic E-state index is 0.0149. The second kappa shape index (κ2) is 21.8. The average Bonchev–Trinajstić information content (AvgIpc) is 3.76. The number of fused-ring (bicyclic) bond motifs is 4. The summed E-state index contributed by atoms with van der Waals surface area (Å²) in [7, 11) is 4.84. The zero-order valence-electron chi connectivity index (χ0n) is 35.0. The maximum atomic E-state index is 13.4. The molecule has 0 spiro atoms. The van der Waals surface area contributed by atoms with Gasteiger partial charge in [-0.05, 0) is 46.7 Å². The molecule has 0 fully saturated rings. The van der Waals surface area contributed by atoms with Crippen molar-refractivity contribution in [2.24, 2.45) is 5.73 Å². The van der Waals surface area contributed by atoms with Gasteiger partial charge in [-0.3, -0.25) is 19.2 Å². The number of likely N-dealkylation sites (N-methyl/N-ethyl adjacent to an activating group) is 1. The second-order valence-electron chi connectivity index (χ2n) is 14.8. The lowest BCUT2D eigenvalue weighted by Crippen LogP contribution is -2.49. The van der Waals surface area contributed by atoms with E-state index in [1.807, 2.05) is 59.2 Å². The van der Waals surface area contributed by atoms with Crippen LogP contribution in [0.15, 0.2) is 78.9 Å². The first-order valence-corrected chi connectivity index (χ1v) is 20.1. The van der Waals surface area contributed by atoms with E-state index in [2.05, 4.69) is 34.9 Å². The molecule has 0 aliphatic heterocycles. The predicted octanol–water partition coefficient (Wildman–Crippen LogP) is 3.09. The number of aliphatic carboxylic acids is 1. The smallest absolute Gasteiger partial charge is 0.424 e. The van der Waals surface area contributed by atoms with E-state index >= 15 is 0 Å². The number of amides is 5. The number of hydrazine groups is 1. The summed E-state index contributed by atoms with van der Waals surface area (Å²) in [5, 5.41) is 18.4. The Hall–Kier alpha value is -6.30. The van der Waals surface area contributed by atoms with Crippen molar-refractivity contribution in [3.63, 3.8) is 0 Å². The van der Waals surface area contributed by atoms with E-state index in [1.165, 1.54) is 19.0 Å². The highest BCUT2D eigenvalue weighted by molar-refractivity contribution is 5.92. The standard InChI is InChI=1S/C44H55N7O10/c1-29(43(56)57)49(3)41(54)18-21-59-23-24-60-22-19-46-42(55)37(26-39(45)52)47-40(53)17-20-51-31(25-30-11-5-10-16-38(30)51)27-48(2)50(4)44(58)61-28-36-34-14-8-6-12-32(34)33-13-7-9-15-35(33)36/h5-16,25,29,36-37H,17-24,26-28H2,1-4H3,(H2,45,52)(H,46,55)(H,47,53)(H,56,57). The fraction of sp³-hybridized carbons (Fsp3) is 0.409. The van der Waals surface area contributed by atoms with Crippen LogP contribution in [0.2, 0.25) is 0 Å². The Morgan fingerprint density at radius 2 is 1.46 bits per heavy atom. The first kappa shape index (κ1) is 45.8. The fourth-order valence-corrected chi connectivity index (χ4v) is 7.13. The zero-order valence-corrected chi connectivity index (χ0v) is 35.0. The van der Waals surface area contributed by atoms with E-state index in [0.717, 1.165) is 43.8 Å². The van der Waals surface area contributed by atoms with Gasteiger partial charge in [0, 0.05) is 57.8 Å². The van der Waals surface area contributed by atoms with Gasteiger partial charge in [-0.15, -0.1) is 0 Å². The van der Waals surface area contributed by atoms with E-state index in [4.69, 9.17) is 25.1 Å². The van der Waals surface area contributed by atoms with Crippen LogP contribution < -0.4 is 16.4 Å². The number of rotatable bonds is 23. The number of carboxylic acid groups (broad SMARTS) is 1. The molecule has 1 aliphatic rings. The molecule has 0 saturated heterocycles. The van der Waals surface area contributed by atoms with E-state index in [1.54, 1.807) is 19.1 Å². The molecule has 326 valence electrons. The van der Waals surface area contributed by atoms with Gasteiger partial charge in [0.15, 0.2) is 0 Å². The van der Waals surface area contributed by atoms with Gasteiger partial charge in [-0.1, -0.05) is 66.7 Å². The van der Waals surface area contributed by atoms with Crippen molar-refractivity contribution in [3.8, 4) is 11.1 Å². The Bertz CT molecular complexity index is 2150. The molecule has 0 saturated carbocycles. The highest BCUT2D eigenvalue weighted by atomic mass is 16.6. The lowest BCUT2D eigenvalue weighted by molar-refractivity contribution is -0.148. The Morgan fingerprint density at radius 1 is 0.836 bits per heavy atom. The summed E-state index contributed by atoms with van der Waals surface area (Å²) < 4.78 is 18.7. The van der Waals surface area contributed by atoms with Crippen LogP contribution in [0.1, 0.15) is 48.9 Å². The van der Waals surface area contributed by atoms with Gasteiger partial charge in [0.05, 0.1) is 45.8 Å². The molecular weight excluding hydrogens is 787 g/mol. The molecule has 3 aromatic carbocycles. The van der Waals surface area contributed by atoms with Crippen molar-refractivity contribution < 1.29 is 48.1 Å². The van der Waals surface area contributed by atoms with Crippen molar-refractivity contribution in [1.82, 2.24) is 30.1 Å². The topological polar surface area (TPSA) is 215 Å². The van der Waals surface area contributed by atoms with Gasteiger partial charge < -0.3 is 45.2 Å². The van der Waals surface area contributed by atoms with E-state index in [0.29, 0.717) is 6.54 Å². The lowest BCUT2D eigenvalue weighted by atomic mass is 9.98. The maximum absolute atomic E-state index is 13.4. The number of carbonyl (C=O) groups is 6. The van der Waals surface area contributed by atoms with Gasteiger partial charge in [0.2, 0.25) is 23.6 Å². The number of para-hydroxylation sites is 1. The summed E-state index contributed by atoms with van der Waals surface area (Å²) in [6.07, 6.45) is -0.924. The molecule has 5 rings (SSSR count). The highest BCUT2D eigenvalue weighted by Gasteiger charge is 2.30. The molecular formula is C44H55N7O10. The van der Waals surface area contributed by atoms with Crippen LogP contribution in [0.25, 0.3) is 22.0 Å². The monoisotopic (exact) mass is 841 g/mol. The Kier molecular flexibility index (Phi) is 16.4. The third-order valence-corrected chi connectivity index (χ3v) is 10.7. The predicted molar refractivity (Wildman–Crippen MR) is 226 cm³/mol. The summed E-state index contributed by atoms with van der Waals surface area (Å²) >= 11 is 0. The number of nitrogens with zero attached hydrogens (tertiary/aromatic N) is 4. The number of nitrogens with two attached hydrogens (primary N) is 1. The van der Waals surface area contributed by atoms with Crippen LogP contribution >= 0.6 is 0 Å². The number of benzene rings is 3. The van der Waals surface area contributed by atoms with Crippen molar-refractivity contribution in [2.75, 3.05) is 60.7 Å². The summed E-state index contributed by atoms with van der Waals surface area (Å²) in [4.78, 5) is 75.7. The number of nitrogens with one attached hydrogen (secondary N) is 2. The van der Waals surface area contributed by atoms with Gasteiger partial charge in [0.25, 0.3) is 0 Å². The number of primary amides is 1. The number of carboxylic acids is 1. The van der Waals surface area contributed by atoms with Crippen molar-refractivity contribution in [1.29, 1.82) is 0 Å². The molecule has 4 aromatic rings. The summed E-state index contributed by atoms with van der Waals surface area (Å²) in [5.74, 6) is -3.37. The van der Waals surface area contributed by atoms with Crippen molar-refractivity contribution >= 4 is 46.6 Å². The molecule has 5 amide bonds. The number of ether oxygens (including phenoxy) is 3. The Balaban J connectivity index is 1.08. The lowest BCUT2D eigenvalue weighted by Gasteiger charge is -2.28. The van der Waals surface area contributed by atoms with E-state index < -0.39 is 48.3 Å². The molecule has 17 nitrogen and oxygen atoms in total. The van der Waals surface area contributed by atoms with E-state index in [9.17, 15) is 28.8 Å². The minimum Gasteiger partial charge on any atom is -0.480 e. The van der Waals surface area contributed by atoms with Gasteiger partial charge in [0.1, 0.15) is 18.7 Å². The van der Waals surface area contributed by atoms with Crippen LogP contribution in [0.3, 0.4) is 0 Å². The number of aryl methyl sites for hydroxylation is 1. The van der Waals surface area contributed by atoms with Crippen molar-refractivity contribution in [3.05, 3.63) is 95.7 Å². The minimum atomic E-state index is -1.20. The third kappa shape index (κ3) is 12.1. The first-order chi connectivity index (χ1) is 29.3. The fourth-order valence-electron chi connectivity index (χ4n) is 7.13. The second-order valence-corrected chi connectivity index (χ2v) is 14.8. The zero-order chi connectivity index (χ0) is 44.1. The summed E-state index contributed by atoms with van der Waals surface area (Å²) in [6, 6.07) is 23.9. The maximum Gasteiger partial charge on any atom is 0.424 e. The molecule has 17 heteroatoms. The van der Waals surface area contributed by atoms with Gasteiger partial charge in [-0.25, -0.2) is 19.6 Å².